The second kappa shape index (κ2) is 9.75. The van der Waals surface area contributed by atoms with Crippen LogP contribution in [0.2, 0.25) is 5.02 Å². The van der Waals surface area contributed by atoms with Gasteiger partial charge in [0.1, 0.15) is 0 Å². The van der Waals surface area contributed by atoms with E-state index in [-0.39, 0.29) is 6.04 Å². The van der Waals surface area contributed by atoms with Gasteiger partial charge in [-0.25, -0.2) is 9.59 Å². The van der Waals surface area contributed by atoms with Crippen LogP contribution in [0.5, 0.6) is 0 Å². The Morgan fingerprint density at radius 1 is 0.800 bits per heavy atom. The summed E-state index contributed by atoms with van der Waals surface area (Å²) in [5.74, 6) is -3.54. The first-order valence-electron chi connectivity index (χ1n) is 7.11. The van der Waals surface area contributed by atoms with Crippen LogP contribution in [0.4, 0.5) is 0 Å². The van der Waals surface area contributed by atoms with Crippen LogP contribution in [0.1, 0.15) is 17.2 Å². The van der Waals surface area contributed by atoms with Crippen LogP contribution in [0.25, 0.3) is 0 Å². The van der Waals surface area contributed by atoms with Crippen LogP contribution in [-0.4, -0.2) is 44.6 Å². The number of hydrogen-bond donors (Lipinski definition) is 5. The molecule has 0 spiro atoms. The van der Waals surface area contributed by atoms with E-state index in [1.807, 2.05) is 54.6 Å². The lowest BCUT2D eigenvalue weighted by atomic mass is 10.00. The summed E-state index contributed by atoms with van der Waals surface area (Å²) in [7, 11) is 0. The van der Waals surface area contributed by atoms with E-state index in [1.165, 1.54) is 0 Å². The summed E-state index contributed by atoms with van der Waals surface area (Å²) in [6, 6.07) is 17.6. The first-order chi connectivity index (χ1) is 11.7. The predicted molar refractivity (Wildman–Crippen MR) is 91.2 cm³/mol. The van der Waals surface area contributed by atoms with Crippen molar-refractivity contribution < 1.29 is 30.0 Å². The normalized spacial score (nSPS) is 13.8. The molecular formula is C17H18ClNO6. The van der Waals surface area contributed by atoms with Crippen molar-refractivity contribution in [1.82, 2.24) is 0 Å². The van der Waals surface area contributed by atoms with Crippen LogP contribution in [0.15, 0.2) is 54.6 Å². The van der Waals surface area contributed by atoms with Gasteiger partial charge in [0.15, 0.2) is 12.2 Å². The monoisotopic (exact) mass is 367 g/mol. The average molecular weight is 368 g/mol. The van der Waals surface area contributed by atoms with Gasteiger partial charge in [-0.3, -0.25) is 0 Å². The van der Waals surface area contributed by atoms with Gasteiger partial charge in [0, 0.05) is 5.02 Å². The Kier molecular flexibility index (Phi) is 8.03. The maximum Gasteiger partial charge on any atom is 0.335 e. The fourth-order valence-electron chi connectivity index (χ4n) is 1.79. The molecule has 0 aliphatic heterocycles. The summed E-state index contributed by atoms with van der Waals surface area (Å²) in [5, 5.41) is 33.3. The minimum absolute atomic E-state index is 0.0801. The molecule has 0 bridgehead atoms. The molecule has 2 aromatic carbocycles. The summed E-state index contributed by atoms with van der Waals surface area (Å²) >= 11 is 5.82. The maximum atomic E-state index is 9.77. The quantitative estimate of drug-likeness (QED) is 0.535. The molecule has 0 aliphatic carbocycles. The molecule has 0 radical (unpaired) electrons. The van der Waals surface area contributed by atoms with Crippen molar-refractivity contribution >= 4 is 23.5 Å². The molecule has 0 aliphatic rings. The lowest BCUT2D eigenvalue weighted by Crippen LogP contribution is -2.39. The maximum absolute atomic E-state index is 9.77. The number of benzene rings is 2. The zero-order valence-corrected chi connectivity index (χ0v) is 13.7. The number of carboxylic acids is 2. The molecule has 0 aromatic heterocycles. The van der Waals surface area contributed by atoms with E-state index >= 15 is 0 Å². The second-order valence-electron chi connectivity index (χ2n) is 5.01. The van der Waals surface area contributed by atoms with Crippen molar-refractivity contribution in [2.75, 3.05) is 0 Å². The Labute approximate surface area is 148 Å². The van der Waals surface area contributed by atoms with Gasteiger partial charge >= 0.3 is 11.9 Å². The largest absolute Gasteiger partial charge is 0.479 e. The standard InChI is InChI=1S/C13H12ClN.C4H6O6/c14-12-8-6-11(7-9-12)13(15)10-4-2-1-3-5-10;5-1(3(7)8)2(6)4(9)10/h1-9,13H,15H2;1-2,5-6H,(H,7,8)(H,9,10)/t13-;1-,2-/m11/s1. The van der Waals surface area contributed by atoms with Crippen molar-refractivity contribution in [3.63, 3.8) is 0 Å². The Morgan fingerprint density at radius 3 is 1.60 bits per heavy atom. The molecule has 7 nitrogen and oxygen atoms in total. The van der Waals surface area contributed by atoms with Gasteiger partial charge in [-0.15, -0.1) is 0 Å². The number of nitrogens with two attached hydrogens (primary N) is 1. The first kappa shape index (κ1) is 20.6. The summed E-state index contributed by atoms with van der Waals surface area (Å²) < 4.78 is 0. The number of hydrogen-bond acceptors (Lipinski definition) is 5. The fourth-order valence-corrected chi connectivity index (χ4v) is 1.92. The number of halogens is 1. The summed E-state index contributed by atoms with van der Waals surface area (Å²) in [5.41, 5.74) is 8.31. The highest BCUT2D eigenvalue weighted by Gasteiger charge is 2.29. The number of rotatable bonds is 5. The average Bonchev–Trinajstić information content (AvgIpc) is 2.61. The lowest BCUT2D eigenvalue weighted by Gasteiger charge is -2.12. The summed E-state index contributed by atoms with van der Waals surface area (Å²) in [6.45, 7) is 0. The molecule has 0 fully saturated rings. The molecule has 0 amide bonds. The van der Waals surface area contributed by atoms with Crippen LogP contribution < -0.4 is 5.73 Å². The third kappa shape index (κ3) is 6.52. The predicted octanol–water partition coefficient (Wildman–Crippen LogP) is 1.27. The summed E-state index contributed by atoms with van der Waals surface area (Å²) in [4.78, 5) is 19.5. The molecule has 3 atom stereocenters. The van der Waals surface area contributed by atoms with E-state index in [0.29, 0.717) is 0 Å². The molecule has 25 heavy (non-hydrogen) atoms. The highest BCUT2D eigenvalue weighted by atomic mass is 35.5. The Morgan fingerprint density at radius 2 is 1.20 bits per heavy atom. The molecular weight excluding hydrogens is 350 g/mol. The van der Waals surface area contributed by atoms with E-state index in [4.69, 9.17) is 37.8 Å². The summed E-state index contributed by atoms with van der Waals surface area (Å²) in [6.07, 6.45) is -4.53. The van der Waals surface area contributed by atoms with Crippen molar-refractivity contribution in [3.05, 3.63) is 70.7 Å². The highest BCUT2D eigenvalue weighted by Crippen LogP contribution is 2.20. The topological polar surface area (TPSA) is 141 Å². The van der Waals surface area contributed by atoms with Gasteiger partial charge in [-0.2, -0.15) is 0 Å². The second-order valence-corrected chi connectivity index (χ2v) is 5.44. The number of aliphatic hydroxyl groups is 2. The molecule has 134 valence electrons. The van der Waals surface area contributed by atoms with Crippen LogP contribution in [0, 0.1) is 0 Å². The van der Waals surface area contributed by atoms with E-state index in [1.54, 1.807) is 0 Å². The van der Waals surface area contributed by atoms with E-state index in [2.05, 4.69) is 0 Å². The van der Waals surface area contributed by atoms with Crippen LogP contribution >= 0.6 is 11.6 Å². The smallest absolute Gasteiger partial charge is 0.335 e. The van der Waals surface area contributed by atoms with Gasteiger partial charge in [0.05, 0.1) is 6.04 Å². The fraction of sp³-hybridized carbons (Fsp3) is 0.176. The Hall–Kier alpha value is -2.45. The minimum Gasteiger partial charge on any atom is -0.479 e. The van der Waals surface area contributed by atoms with E-state index in [0.717, 1.165) is 16.1 Å². The molecule has 0 saturated heterocycles. The molecule has 2 aromatic rings. The zero-order valence-electron chi connectivity index (χ0n) is 13.0. The highest BCUT2D eigenvalue weighted by molar-refractivity contribution is 6.30. The number of aliphatic carboxylic acids is 2. The Balaban J connectivity index is 0.000000275. The minimum atomic E-state index is -2.27. The van der Waals surface area contributed by atoms with Crippen LogP contribution in [-0.2, 0) is 9.59 Å². The molecule has 0 unspecified atom stereocenters. The number of aliphatic hydroxyl groups excluding tert-OH is 2. The zero-order chi connectivity index (χ0) is 19.0. The molecule has 6 N–H and O–H groups in total. The van der Waals surface area contributed by atoms with Gasteiger partial charge in [-0.1, -0.05) is 54.1 Å². The van der Waals surface area contributed by atoms with Gasteiger partial charge in [0.25, 0.3) is 0 Å². The van der Waals surface area contributed by atoms with E-state index in [9.17, 15) is 9.59 Å². The lowest BCUT2D eigenvalue weighted by molar-refractivity contribution is -0.165. The van der Waals surface area contributed by atoms with Crippen molar-refractivity contribution in [1.29, 1.82) is 0 Å². The van der Waals surface area contributed by atoms with Gasteiger partial charge < -0.3 is 26.2 Å². The van der Waals surface area contributed by atoms with Crippen LogP contribution in [0.3, 0.4) is 0 Å². The first-order valence-corrected chi connectivity index (χ1v) is 7.49. The number of carbonyl (C=O) groups is 2. The van der Waals surface area contributed by atoms with Crippen molar-refractivity contribution in [2.45, 2.75) is 18.2 Å². The van der Waals surface area contributed by atoms with Gasteiger partial charge in [-0.05, 0) is 23.3 Å². The SMILES string of the molecule is N[C@H](c1ccccc1)c1ccc(Cl)cc1.O=C(O)[C@H](O)[C@@H](O)C(=O)O. The van der Waals surface area contributed by atoms with Crippen molar-refractivity contribution in [3.8, 4) is 0 Å². The Bertz CT molecular complexity index is 674. The molecule has 8 heteroatoms. The molecule has 2 rings (SSSR count). The molecule has 0 heterocycles. The van der Waals surface area contributed by atoms with Gasteiger partial charge in [0.2, 0.25) is 0 Å². The number of carboxylic acid groups (broad SMARTS) is 2. The van der Waals surface area contributed by atoms with E-state index < -0.39 is 24.1 Å². The third-order valence-electron chi connectivity index (χ3n) is 3.19. The molecule has 0 saturated carbocycles. The third-order valence-corrected chi connectivity index (χ3v) is 3.44. The van der Waals surface area contributed by atoms with Crippen molar-refractivity contribution in [2.24, 2.45) is 5.73 Å².